The molecule has 22 heavy (non-hydrogen) atoms. The highest BCUT2D eigenvalue weighted by Crippen LogP contribution is 2.32. The number of hydrogen-bond donors (Lipinski definition) is 3. The molecule has 0 spiro atoms. The molecule has 0 saturated heterocycles. The van der Waals surface area contributed by atoms with E-state index in [4.69, 9.17) is 5.73 Å². The minimum Gasteiger partial charge on any atom is -0.393 e. The van der Waals surface area contributed by atoms with Crippen molar-refractivity contribution in [3.63, 3.8) is 0 Å². The normalized spacial score (nSPS) is 11.5. The lowest BCUT2D eigenvalue weighted by atomic mass is 10.2. The van der Waals surface area contributed by atoms with E-state index in [0.717, 1.165) is 12.1 Å². The number of aromatic nitrogens is 2. The van der Waals surface area contributed by atoms with Gasteiger partial charge in [0.25, 0.3) is 0 Å². The highest BCUT2D eigenvalue weighted by atomic mass is 19.4. The van der Waals surface area contributed by atoms with Crippen LogP contribution < -0.4 is 16.4 Å². The molecule has 0 aliphatic carbocycles. The molecule has 0 bridgehead atoms. The lowest BCUT2D eigenvalue weighted by Gasteiger charge is -2.15. The topological polar surface area (TPSA) is 75.9 Å². The Balaban J connectivity index is 2.28. The molecule has 8 heteroatoms. The van der Waals surface area contributed by atoms with Gasteiger partial charge in [-0.2, -0.15) is 13.2 Å². The fourth-order valence-corrected chi connectivity index (χ4v) is 1.79. The molecule has 2 rings (SSSR count). The average Bonchev–Trinajstić information content (AvgIpc) is 2.42. The quantitative estimate of drug-likeness (QED) is 0.803. The predicted molar refractivity (Wildman–Crippen MR) is 79.9 cm³/mol. The number of alkyl halides is 3. The summed E-state index contributed by atoms with van der Waals surface area (Å²) in [6.07, 6.45) is -3.11. The predicted octanol–water partition coefficient (Wildman–Crippen LogP) is 3.64. The molecule has 4 N–H and O–H groups in total. The molecule has 1 aromatic carbocycles. The molecule has 5 nitrogen and oxygen atoms in total. The van der Waals surface area contributed by atoms with Crippen molar-refractivity contribution >= 4 is 23.0 Å². The Bertz CT molecular complexity index is 655. The lowest BCUT2D eigenvalue weighted by molar-refractivity contribution is -0.137. The van der Waals surface area contributed by atoms with Crippen LogP contribution in [0.3, 0.4) is 0 Å². The molecule has 1 heterocycles. The number of nitrogen functional groups attached to an aromatic ring is 1. The number of nitrogens with zero attached hydrogens (tertiary/aromatic N) is 2. The number of halogens is 3. The third kappa shape index (κ3) is 3.78. The second-order valence-corrected chi connectivity index (χ2v) is 4.99. The van der Waals surface area contributed by atoms with Crippen LogP contribution in [0, 0.1) is 0 Å². The molecule has 0 amide bonds. The van der Waals surface area contributed by atoms with Gasteiger partial charge >= 0.3 is 6.18 Å². The smallest absolute Gasteiger partial charge is 0.393 e. The van der Waals surface area contributed by atoms with Crippen LogP contribution in [0.25, 0.3) is 0 Å². The molecule has 0 saturated carbocycles. The fraction of sp³-hybridized carbons (Fsp3) is 0.286. The third-order valence-electron chi connectivity index (χ3n) is 2.76. The van der Waals surface area contributed by atoms with Gasteiger partial charge in [-0.05, 0) is 32.0 Å². The van der Waals surface area contributed by atoms with E-state index >= 15 is 0 Å². The van der Waals surface area contributed by atoms with E-state index in [1.807, 2.05) is 13.8 Å². The summed E-state index contributed by atoms with van der Waals surface area (Å²) in [4.78, 5) is 7.98. The Morgan fingerprint density at radius 2 is 1.82 bits per heavy atom. The van der Waals surface area contributed by atoms with Crippen LogP contribution in [-0.4, -0.2) is 16.0 Å². The molecule has 0 fully saturated rings. The van der Waals surface area contributed by atoms with Gasteiger partial charge in [-0.15, -0.1) is 0 Å². The van der Waals surface area contributed by atoms with Crippen molar-refractivity contribution in [1.29, 1.82) is 0 Å². The van der Waals surface area contributed by atoms with Gasteiger partial charge in [0.1, 0.15) is 12.0 Å². The lowest BCUT2D eigenvalue weighted by Crippen LogP contribution is -2.14. The van der Waals surface area contributed by atoms with Gasteiger partial charge in [0.05, 0.1) is 5.56 Å². The Morgan fingerprint density at radius 3 is 2.45 bits per heavy atom. The number of benzene rings is 1. The van der Waals surface area contributed by atoms with E-state index in [9.17, 15) is 13.2 Å². The Labute approximate surface area is 125 Å². The molecule has 2 aromatic rings. The number of nitrogens with two attached hydrogens (primary N) is 1. The van der Waals surface area contributed by atoms with E-state index < -0.39 is 11.7 Å². The van der Waals surface area contributed by atoms with Gasteiger partial charge in [-0.3, -0.25) is 0 Å². The first-order chi connectivity index (χ1) is 10.3. The zero-order chi connectivity index (χ0) is 16.3. The molecule has 1 aromatic heterocycles. The SMILES string of the molecule is CC(C)Nc1ncnc(Nc2cccc(C(F)(F)F)c2)c1N. The first kappa shape index (κ1) is 15.9. The van der Waals surface area contributed by atoms with Crippen LogP contribution in [0.2, 0.25) is 0 Å². The van der Waals surface area contributed by atoms with Gasteiger partial charge in [-0.25, -0.2) is 9.97 Å². The molecular weight excluding hydrogens is 295 g/mol. The van der Waals surface area contributed by atoms with Gasteiger partial charge in [0.2, 0.25) is 0 Å². The zero-order valence-electron chi connectivity index (χ0n) is 12.1. The van der Waals surface area contributed by atoms with Crippen molar-refractivity contribution in [2.75, 3.05) is 16.4 Å². The standard InChI is InChI=1S/C14H16F3N5/c1-8(2)21-12-11(18)13(20-7-19-12)22-10-5-3-4-9(6-10)14(15,16)17/h3-8H,18H2,1-2H3,(H2,19,20,21,22). The van der Waals surface area contributed by atoms with Crippen molar-refractivity contribution in [1.82, 2.24) is 9.97 Å². The summed E-state index contributed by atoms with van der Waals surface area (Å²) in [6, 6.07) is 4.93. The van der Waals surface area contributed by atoms with Crippen molar-refractivity contribution in [2.45, 2.75) is 26.1 Å². The fourth-order valence-electron chi connectivity index (χ4n) is 1.79. The highest BCUT2D eigenvalue weighted by molar-refractivity contribution is 5.77. The van der Waals surface area contributed by atoms with Gasteiger partial charge in [-0.1, -0.05) is 6.07 Å². The number of nitrogens with one attached hydrogen (secondary N) is 2. The van der Waals surface area contributed by atoms with E-state index in [2.05, 4.69) is 20.6 Å². The second-order valence-electron chi connectivity index (χ2n) is 4.99. The maximum atomic E-state index is 12.7. The first-order valence-electron chi connectivity index (χ1n) is 6.58. The third-order valence-corrected chi connectivity index (χ3v) is 2.76. The average molecular weight is 311 g/mol. The summed E-state index contributed by atoms with van der Waals surface area (Å²) in [5.74, 6) is 0.678. The Morgan fingerprint density at radius 1 is 1.14 bits per heavy atom. The highest BCUT2D eigenvalue weighted by Gasteiger charge is 2.30. The van der Waals surface area contributed by atoms with E-state index in [0.29, 0.717) is 5.82 Å². The van der Waals surface area contributed by atoms with Gasteiger partial charge in [0.15, 0.2) is 11.6 Å². The second kappa shape index (κ2) is 6.08. The van der Waals surface area contributed by atoms with Gasteiger partial charge < -0.3 is 16.4 Å². The molecule has 0 radical (unpaired) electrons. The van der Waals surface area contributed by atoms with Crippen LogP contribution in [0.15, 0.2) is 30.6 Å². The minimum atomic E-state index is -4.40. The van der Waals surface area contributed by atoms with Crippen LogP contribution in [0.1, 0.15) is 19.4 Å². The van der Waals surface area contributed by atoms with Crippen molar-refractivity contribution < 1.29 is 13.2 Å². The largest absolute Gasteiger partial charge is 0.416 e. The summed E-state index contributed by atoms with van der Waals surface area (Å²) in [6.45, 7) is 3.84. The van der Waals surface area contributed by atoms with Crippen molar-refractivity contribution in [2.24, 2.45) is 0 Å². The molecular formula is C14H16F3N5. The van der Waals surface area contributed by atoms with E-state index in [1.54, 1.807) is 0 Å². The number of anilines is 4. The van der Waals surface area contributed by atoms with E-state index in [1.165, 1.54) is 18.5 Å². The Kier molecular flexibility index (Phi) is 4.39. The maximum Gasteiger partial charge on any atom is 0.416 e. The summed E-state index contributed by atoms with van der Waals surface area (Å²) in [7, 11) is 0. The zero-order valence-corrected chi connectivity index (χ0v) is 12.1. The molecule has 0 atom stereocenters. The van der Waals surface area contributed by atoms with Crippen LogP contribution in [-0.2, 0) is 6.18 Å². The summed E-state index contributed by atoms with van der Waals surface area (Å²) in [5.41, 5.74) is 5.68. The monoisotopic (exact) mass is 311 g/mol. The van der Waals surface area contributed by atoms with Crippen LogP contribution in [0.4, 0.5) is 36.2 Å². The number of rotatable bonds is 4. The van der Waals surface area contributed by atoms with E-state index in [-0.39, 0.29) is 23.2 Å². The number of hydrogen-bond acceptors (Lipinski definition) is 5. The van der Waals surface area contributed by atoms with Gasteiger partial charge in [0, 0.05) is 11.7 Å². The molecule has 0 aliphatic heterocycles. The first-order valence-corrected chi connectivity index (χ1v) is 6.58. The molecule has 0 unspecified atom stereocenters. The van der Waals surface area contributed by atoms with Crippen LogP contribution in [0.5, 0.6) is 0 Å². The minimum absolute atomic E-state index is 0.110. The molecule has 0 aliphatic rings. The van der Waals surface area contributed by atoms with Crippen molar-refractivity contribution in [3.05, 3.63) is 36.2 Å². The van der Waals surface area contributed by atoms with Crippen molar-refractivity contribution in [3.8, 4) is 0 Å². The summed E-state index contributed by atoms with van der Waals surface area (Å²) < 4.78 is 38.1. The summed E-state index contributed by atoms with van der Waals surface area (Å²) >= 11 is 0. The Hall–Kier alpha value is -2.51. The molecule has 118 valence electrons. The van der Waals surface area contributed by atoms with Crippen LogP contribution >= 0.6 is 0 Å². The maximum absolute atomic E-state index is 12.7. The summed E-state index contributed by atoms with van der Waals surface area (Å²) in [5, 5.41) is 5.82.